The van der Waals surface area contributed by atoms with Crippen molar-refractivity contribution in [3.63, 3.8) is 0 Å². The first-order chi connectivity index (χ1) is 10.2. The minimum atomic E-state index is -3.37. The zero-order chi connectivity index (χ0) is 16.8. The van der Waals surface area contributed by atoms with Gasteiger partial charge < -0.3 is 10.1 Å². The molecule has 0 heterocycles. The van der Waals surface area contributed by atoms with Crippen molar-refractivity contribution in [2.24, 2.45) is 0 Å². The van der Waals surface area contributed by atoms with E-state index in [1.54, 1.807) is 19.1 Å². The molecule has 2 N–H and O–H groups in total. The van der Waals surface area contributed by atoms with Crippen LogP contribution in [0.5, 0.6) is 0 Å². The van der Waals surface area contributed by atoms with Crippen molar-refractivity contribution in [3.05, 3.63) is 29.3 Å². The van der Waals surface area contributed by atoms with Gasteiger partial charge in [0.25, 0.3) is 5.91 Å². The zero-order valence-corrected chi connectivity index (χ0v) is 14.3. The molecule has 0 atom stereocenters. The number of benzene rings is 1. The molecular formula is C15H24N2O4S. The topological polar surface area (TPSA) is 84.5 Å². The van der Waals surface area contributed by atoms with E-state index in [-0.39, 0.29) is 12.0 Å². The lowest BCUT2D eigenvalue weighted by Crippen LogP contribution is -2.25. The van der Waals surface area contributed by atoms with Crippen LogP contribution in [0.15, 0.2) is 18.2 Å². The van der Waals surface area contributed by atoms with Gasteiger partial charge in [-0.05, 0) is 44.9 Å². The van der Waals surface area contributed by atoms with E-state index in [1.165, 1.54) is 6.07 Å². The second-order valence-electron chi connectivity index (χ2n) is 5.43. The number of nitrogens with one attached hydrogen (secondary N) is 2. The molecule has 0 spiro atoms. The monoisotopic (exact) mass is 328 g/mol. The quantitative estimate of drug-likeness (QED) is 0.714. The molecule has 0 aliphatic heterocycles. The summed E-state index contributed by atoms with van der Waals surface area (Å²) in [5, 5.41) is 2.79. The van der Waals surface area contributed by atoms with Gasteiger partial charge in [0.2, 0.25) is 10.0 Å². The highest BCUT2D eigenvalue weighted by Gasteiger charge is 2.10. The Bertz CT molecular complexity index is 612. The van der Waals surface area contributed by atoms with Crippen LogP contribution in [0.3, 0.4) is 0 Å². The molecule has 0 unspecified atom stereocenters. The highest BCUT2D eigenvalue weighted by molar-refractivity contribution is 7.92. The summed E-state index contributed by atoms with van der Waals surface area (Å²) < 4.78 is 30.4. The van der Waals surface area contributed by atoms with Crippen LogP contribution in [-0.2, 0) is 14.8 Å². The van der Waals surface area contributed by atoms with Crippen LogP contribution in [0.1, 0.15) is 36.2 Å². The van der Waals surface area contributed by atoms with Crippen molar-refractivity contribution < 1.29 is 17.9 Å². The Kier molecular flexibility index (Phi) is 6.83. The van der Waals surface area contributed by atoms with Crippen LogP contribution in [0, 0.1) is 6.92 Å². The molecule has 0 fully saturated rings. The maximum atomic E-state index is 12.0. The van der Waals surface area contributed by atoms with Crippen LogP contribution in [-0.4, -0.2) is 39.8 Å². The fraction of sp³-hybridized carbons (Fsp3) is 0.533. The average Bonchev–Trinajstić information content (AvgIpc) is 2.38. The molecule has 0 bridgehead atoms. The highest BCUT2D eigenvalue weighted by atomic mass is 32.2. The van der Waals surface area contributed by atoms with Crippen molar-refractivity contribution >= 4 is 21.6 Å². The number of hydrogen-bond donors (Lipinski definition) is 2. The Hall–Kier alpha value is -1.60. The van der Waals surface area contributed by atoms with E-state index in [0.717, 1.165) is 18.2 Å². The fourth-order valence-corrected chi connectivity index (χ4v) is 2.39. The number of carbonyl (C=O) groups excluding carboxylic acids is 1. The smallest absolute Gasteiger partial charge is 0.251 e. The molecule has 1 amide bonds. The minimum Gasteiger partial charge on any atom is -0.379 e. The number of carbonyl (C=O) groups is 1. The van der Waals surface area contributed by atoms with Crippen LogP contribution in [0.4, 0.5) is 5.69 Å². The van der Waals surface area contributed by atoms with Crippen LogP contribution in [0.2, 0.25) is 0 Å². The Labute approximate surface area is 132 Å². The second-order valence-corrected chi connectivity index (χ2v) is 7.18. The van der Waals surface area contributed by atoms with Crippen LogP contribution >= 0.6 is 0 Å². The maximum absolute atomic E-state index is 12.0. The van der Waals surface area contributed by atoms with E-state index in [2.05, 4.69) is 10.0 Å². The third-order valence-electron chi connectivity index (χ3n) is 2.85. The number of sulfonamides is 1. The summed E-state index contributed by atoms with van der Waals surface area (Å²) in [6.45, 7) is 6.79. The SMILES string of the molecule is Cc1ccc(C(=O)NCCCOC(C)C)cc1NS(C)(=O)=O. The van der Waals surface area contributed by atoms with Gasteiger partial charge in [-0.2, -0.15) is 0 Å². The van der Waals surface area contributed by atoms with E-state index >= 15 is 0 Å². The molecule has 7 heteroatoms. The molecule has 1 aromatic rings. The van der Waals surface area contributed by atoms with Gasteiger partial charge in [0.15, 0.2) is 0 Å². The predicted octanol–water partition coefficient (Wildman–Crippen LogP) is 1.91. The van der Waals surface area contributed by atoms with Gasteiger partial charge in [0, 0.05) is 18.7 Å². The zero-order valence-electron chi connectivity index (χ0n) is 13.5. The molecule has 0 aliphatic carbocycles. The van der Waals surface area contributed by atoms with E-state index in [0.29, 0.717) is 24.4 Å². The number of ether oxygens (including phenoxy) is 1. The molecule has 6 nitrogen and oxygen atoms in total. The number of hydrogen-bond acceptors (Lipinski definition) is 4. The summed E-state index contributed by atoms with van der Waals surface area (Å²) in [4.78, 5) is 12.0. The van der Waals surface area contributed by atoms with E-state index in [9.17, 15) is 13.2 Å². The van der Waals surface area contributed by atoms with Crippen LogP contribution in [0.25, 0.3) is 0 Å². The molecular weight excluding hydrogens is 304 g/mol. The lowest BCUT2D eigenvalue weighted by molar-refractivity contribution is 0.0757. The molecule has 0 saturated carbocycles. The summed E-state index contributed by atoms with van der Waals surface area (Å²) in [6.07, 6.45) is 1.98. The van der Waals surface area contributed by atoms with Crippen LogP contribution < -0.4 is 10.0 Å². The number of anilines is 1. The first-order valence-corrected chi connectivity index (χ1v) is 9.06. The number of rotatable bonds is 8. The number of amides is 1. The average molecular weight is 328 g/mol. The van der Waals surface area contributed by atoms with Gasteiger partial charge in [0.1, 0.15) is 0 Å². The first-order valence-electron chi connectivity index (χ1n) is 7.17. The molecule has 0 aromatic heterocycles. The standard InChI is InChI=1S/C15H24N2O4S/c1-11(2)21-9-5-8-16-15(18)13-7-6-12(3)14(10-13)17-22(4,19)20/h6-7,10-11,17H,5,8-9H2,1-4H3,(H,16,18). The Morgan fingerprint density at radius 3 is 2.59 bits per heavy atom. The van der Waals surface area contributed by atoms with Gasteiger partial charge in [0.05, 0.1) is 18.0 Å². The number of aryl methyl sites for hydroxylation is 1. The van der Waals surface area contributed by atoms with E-state index < -0.39 is 10.0 Å². The van der Waals surface area contributed by atoms with Gasteiger partial charge in [-0.15, -0.1) is 0 Å². The van der Waals surface area contributed by atoms with E-state index in [4.69, 9.17) is 4.74 Å². The molecule has 22 heavy (non-hydrogen) atoms. The van der Waals surface area contributed by atoms with Gasteiger partial charge in [-0.25, -0.2) is 8.42 Å². The predicted molar refractivity (Wildman–Crippen MR) is 87.7 cm³/mol. The van der Waals surface area contributed by atoms with Gasteiger partial charge in [-0.1, -0.05) is 6.07 Å². The summed E-state index contributed by atoms with van der Waals surface area (Å²) in [5.41, 5.74) is 1.59. The third kappa shape index (κ3) is 6.91. The second kappa shape index (κ2) is 8.14. The van der Waals surface area contributed by atoms with Gasteiger partial charge >= 0.3 is 0 Å². The van der Waals surface area contributed by atoms with Crippen molar-refractivity contribution in [3.8, 4) is 0 Å². The summed E-state index contributed by atoms with van der Waals surface area (Å²) in [6, 6.07) is 4.92. The maximum Gasteiger partial charge on any atom is 0.251 e. The Balaban J connectivity index is 2.61. The van der Waals surface area contributed by atoms with Crippen molar-refractivity contribution in [2.45, 2.75) is 33.3 Å². The molecule has 124 valence electrons. The van der Waals surface area contributed by atoms with E-state index in [1.807, 2.05) is 13.8 Å². The molecule has 0 aliphatic rings. The summed E-state index contributed by atoms with van der Waals surface area (Å²) >= 11 is 0. The molecule has 1 rings (SSSR count). The van der Waals surface area contributed by atoms with Gasteiger partial charge in [-0.3, -0.25) is 9.52 Å². The minimum absolute atomic E-state index is 0.178. The Morgan fingerprint density at radius 1 is 1.32 bits per heavy atom. The molecule has 1 aromatic carbocycles. The largest absolute Gasteiger partial charge is 0.379 e. The van der Waals surface area contributed by atoms with Crippen molar-refractivity contribution in [1.29, 1.82) is 0 Å². The summed E-state index contributed by atoms with van der Waals surface area (Å²) in [7, 11) is -3.37. The van der Waals surface area contributed by atoms with Crippen molar-refractivity contribution in [2.75, 3.05) is 24.1 Å². The lowest BCUT2D eigenvalue weighted by Gasteiger charge is -2.11. The third-order valence-corrected chi connectivity index (χ3v) is 3.44. The Morgan fingerprint density at radius 2 is 2.00 bits per heavy atom. The lowest BCUT2D eigenvalue weighted by atomic mass is 10.1. The summed E-state index contributed by atoms with van der Waals surface area (Å²) in [5.74, 6) is -0.235. The molecule has 0 saturated heterocycles. The first kappa shape index (κ1) is 18.4. The highest BCUT2D eigenvalue weighted by Crippen LogP contribution is 2.18. The van der Waals surface area contributed by atoms with Crippen molar-refractivity contribution in [1.82, 2.24) is 5.32 Å². The normalized spacial score (nSPS) is 11.5. The fourth-order valence-electron chi connectivity index (χ4n) is 1.77. The molecule has 0 radical (unpaired) electrons.